The van der Waals surface area contributed by atoms with Crippen LogP contribution in [0.15, 0.2) is 65.3 Å². The number of Topliss-reactive ketones (excluding diaryl/α,β-unsaturated/α-hetero) is 1. The second-order valence-corrected chi connectivity index (χ2v) is 10.4. The number of aromatic nitrogens is 3. The van der Waals surface area contributed by atoms with Crippen LogP contribution in [0.4, 0.5) is 0 Å². The van der Waals surface area contributed by atoms with Crippen LogP contribution >= 0.6 is 23.2 Å². The van der Waals surface area contributed by atoms with E-state index in [1.165, 1.54) is 0 Å². The fourth-order valence-corrected chi connectivity index (χ4v) is 4.44. The second kappa shape index (κ2) is 8.67. The van der Waals surface area contributed by atoms with E-state index < -0.39 is 5.41 Å². The third-order valence-corrected chi connectivity index (χ3v) is 6.59. The molecule has 0 aliphatic heterocycles. The molecule has 5 aromatic rings. The van der Waals surface area contributed by atoms with Crippen molar-refractivity contribution in [1.29, 1.82) is 0 Å². The van der Waals surface area contributed by atoms with Gasteiger partial charge in [0.05, 0.1) is 16.9 Å². The number of aryl methyl sites for hydroxylation is 1. The molecule has 3 aromatic heterocycles. The van der Waals surface area contributed by atoms with Crippen molar-refractivity contribution in [2.45, 2.75) is 27.7 Å². The van der Waals surface area contributed by atoms with Gasteiger partial charge in [-0.25, -0.2) is 4.98 Å². The Kier molecular flexibility index (Phi) is 5.78. The van der Waals surface area contributed by atoms with Crippen LogP contribution in [0, 0.1) is 12.3 Å². The smallest absolute Gasteiger partial charge is 0.227 e. The Morgan fingerprint density at radius 3 is 2.29 bits per heavy atom. The van der Waals surface area contributed by atoms with E-state index in [2.05, 4.69) is 10.2 Å². The van der Waals surface area contributed by atoms with Gasteiger partial charge in [0.1, 0.15) is 0 Å². The Morgan fingerprint density at radius 2 is 1.66 bits per heavy atom. The van der Waals surface area contributed by atoms with E-state index in [-0.39, 0.29) is 5.78 Å². The number of aromatic amines is 1. The molecule has 0 bridgehead atoms. The highest BCUT2D eigenvalue weighted by Crippen LogP contribution is 2.40. The number of nitrogens with zero attached hydrogens (tertiary/aromatic N) is 2. The number of halogens is 2. The molecule has 5 nitrogen and oxygen atoms in total. The lowest BCUT2D eigenvalue weighted by molar-refractivity contribution is 0.0829. The van der Waals surface area contributed by atoms with Crippen LogP contribution in [0.5, 0.6) is 0 Å². The topological polar surface area (TPSA) is 71.8 Å². The van der Waals surface area contributed by atoms with Crippen LogP contribution in [0.2, 0.25) is 10.0 Å². The van der Waals surface area contributed by atoms with E-state index in [1.54, 1.807) is 6.20 Å². The maximum absolute atomic E-state index is 13.0. The van der Waals surface area contributed by atoms with Crippen molar-refractivity contribution in [3.05, 3.63) is 82.3 Å². The largest absolute Gasteiger partial charge is 0.434 e. The quantitative estimate of drug-likeness (QED) is 0.250. The molecular weight excluding hydrogens is 481 g/mol. The van der Waals surface area contributed by atoms with Crippen molar-refractivity contribution in [1.82, 2.24) is 15.2 Å². The first-order chi connectivity index (χ1) is 16.6. The van der Waals surface area contributed by atoms with Gasteiger partial charge in [-0.3, -0.25) is 9.89 Å². The Hall–Kier alpha value is -3.41. The zero-order chi connectivity index (χ0) is 24.9. The van der Waals surface area contributed by atoms with Crippen LogP contribution < -0.4 is 0 Å². The lowest BCUT2D eigenvalue weighted by atomic mass is 9.88. The fourth-order valence-electron chi connectivity index (χ4n) is 4.05. The summed E-state index contributed by atoms with van der Waals surface area (Å²) in [5.41, 5.74) is 5.68. The molecule has 7 heteroatoms. The number of fused-ring (bicyclic) bond motifs is 1. The molecule has 0 unspecified atom stereocenters. The number of H-pyrrole nitrogens is 1. The summed E-state index contributed by atoms with van der Waals surface area (Å²) >= 11 is 12.9. The van der Waals surface area contributed by atoms with Crippen LogP contribution in [0.25, 0.3) is 44.6 Å². The summed E-state index contributed by atoms with van der Waals surface area (Å²) in [6.45, 7) is 7.52. The van der Waals surface area contributed by atoms with E-state index in [1.807, 2.05) is 82.4 Å². The summed E-state index contributed by atoms with van der Waals surface area (Å²) < 4.78 is 6.04. The predicted octanol–water partition coefficient (Wildman–Crippen LogP) is 8.40. The van der Waals surface area contributed by atoms with Crippen molar-refractivity contribution in [2.75, 3.05) is 0 Å². The average molecular weight is 504 g/mol. The highest BCUT2D eigenvalue weighted by molar-refractivity contribution is 6.34. The minimum Gasteiger partial charge on any atom is -0.434 e. The second-order valence-electron chi connectivity index (χ2n) is 9.56. The summed E-state index contributed by atoms with van der Waals surface area (Å²) in [5, 5.41) is 8.81. The van der Waals surface area contributed by atoms with E-state index in [4.69, 9.17) is 32.6 Å². The molecule has 2 aromatic carbocycles. The summed E-state index contributed by atoms with van der Waals surface area (Å²) in [7, 11) is 0. The molecule has 1 N–H and O–H groups in total. The van der Waals surface area contributed by atoms with Crippen LogP contribution in [0.3, 0.4) is 0 Å². The first-order valence-corrected chi connectivity index (χ1v) is 11.9. The summed E-state index contributed by atoms with van der Waals surface area (Å²) in [6, 6.07) is 15.4. The van der Waals surface area contributed by atoms with Gasteiger partial charge >= 0.3 is 0 Å². The molecule has 0 saturated carbocycles. The highest BCUT2D eigenvalue weighted by Gasteiger charge is 2.29. The van der Waals surface area contributed by atoms with Crippen LogP contribution in [0.1, 0.15) is 36.9 Å². The van der Waals surface area contributed by atoms with E-state index >= 15 is 0 Å². The Labute approximate surface area is 213 Å². The predicted molar refractivity (Wildman–Crippen MR) is 141 cm³/mol. The van der Waals surface area contributed by atoms with Gasteiger partial charge < -0.3 is 4.42 Å². The molecule has 0 aliphatic carbocycles. The molecular formula is C28H23Cl2N3O2. The molecule has 0 atom stereocenters. The SMILES string of the molecule is Cc1c(C(=O)C(C)(C)C)oc2nc(-c3ccc(-c4cn[nH]c4)cc3Cl)c(-c3ccc(Cl)cc3)cc12. The maximum atomic E-state index is 13.0. The third kappa shape index (κ3) is 4.26. The van der Waals surface area contributed by atoms with Crippen molar-refractivity contribution >= 4 is 40.1 Å². The van der Waals surface area contributed by atoms with Crippen molar-refractivity contribution in [3.8, 4) is 33.5 Å². The first-order valence-electron chi connectivity index (χ1n) is 11.2. The number of pyridine rings is 1. The van der Waals surface area contributed by atoms with Gasteiger partial charge in [0.2, 0.25) is 11.5 Å². The van der Waals surface area contributed by atoms with Crippen molar-refractivity contribution < 1.29 is 9.21 Å². The summed E-state index contributed by atoms with van der Waals surface area (Å²) in [5.74, 6) is 0.269. The van der Waals surface area contributed by atoms with E-state index in [9.17, 15) is 4.79 Å². The number of carbonyl (C=O) groups is 1. The van der Waals surface area contributed by atoms with Gasteiger partial charge in [-0.05, 0) is 42.3 Å². The van der Waals surface area contributed by atoms with Crippen molar-refractivity contribution in [2.24, 2.45) is 5.41 Å². The average Bonchev–Trinajstić information content (AvgIpc) is 3.46. The van der Waals surface area contributed by atoms with Crippen LogP contribution in [-0.4, -0.2) is 21.0 Å². The number of rotatable bonds is 4. The minimum atomic E-state index is -0.577. The molecule has 0 aliphatic rings. The van der Waals surface area contributed by atoms with Gasteiger partial charge in [0, 0.05) is 44.3 Å². The first kappa shape index (κ1) is 23.3. The monoisotopic (exact) mass is 503 g/mol. The summed E-state index contributed by atoms with van der Waals surface area (Å²) in [6.07, 6.45) is 3.56. The molecule has 35 heavy (non-hydrogen) atoms. The number of nitrogens with one attached hydrogen (secondary N) is 1. The Bertz CT molecular complexity index is 1560. The molecule has 5 rings (SSSR count). The lowest BCUT2D eigenvalue weighted by Crippen LogP contribution is -2.20. The molecule has 176 valence electrons. The zero-order valence-electron chi connectivity index (χ0n) is 19.7. The highest BCUT2D eigenvalue weighted by atomic mass is 35.5. The Morgan fingerprint density at radius 1 is 0.943 bits per heavy atom. The number of hydrogen-bond acceptors (Lipinski definition) is 4. The molecule has 0 saturated heterocycles. The Balaban J connectivity index is 1.75. The van der Waals surface area contributed by atoms with Gasteiger partial charge in [-0.15, -0.1) is 0 Å². The molecule has 3 heterocycles. The molecule has 0 spiro atoms. The molecule has 0 fully saturated rings. The zero-order valence-corrected chi connectivity index (χ0v) is 21.3. The minimum absolute atomic E-state index is 0.0647. The maximum Gasteiger partial charge on any atom is 0.227 e. The number of carbonyl (C=O) groups excluding carboxylic acids is 1. The van der Waals surface area contributed by atoms with Gasteiger partial charge in [0.25, 0.3) is 0 Å². The molecule has 0 amide bonds. The van der Waals surface area contributed by atoms with Gasteiger partial charge in [0.15, 0.2) is 5.76 Å². The van der Waals surface area contributed by atoms with E-state index in [0.29, 0.717) is 27.2 Å². The standard InChI is InChI=1S/C28H23Cl2N3O2/c1-15-21-12-22(16-5-8-19(29)9-6-16)24(33-27(21)35-25(15)26(34)28(2,3)4)20-10-7-17(11-23(20)30)18-13-31-32-14-18/h5-14H,1-4H3,(H,31,32). The lowest BCUT2D eigenvalue weighted by Gasteiger charge is -2.14. The number of hydrogen-bond donors (Lipinski definition) is 1. The summed E-state index contributed by atoms with van der Waals surface area (Å²) in [4.78, 5) is 17.9. The van der Waals surface area contributed by atoms with Gasteiger partial charge in [-0.1, -0.05) is 68.2 Å². The van der Waals surface area contributed by atoms with Crippen molar-refractivity contribution in [3.63, 3.8) is 0 Å². The van der Waals surface area contributed by atoms with E-state index in [0.717, 1.165) is 38.8 Å². The van der Waals surface area contributed by atoms with Gasteiger partial charge in [-0.2, -0.15) is 5.10 Å². The third-order valence-electron chi connectivity index (χ3n) is 6.03. The molecule has 0 radical (unpaired) electrons. The number of ketones is 1. The van der Waals surface area contributed by atoms with Crippen LogP contribution in [-0.2, 0) is 0 Å². The normalized spacial score (nSPS) is 11.8. The fraction of sp³-hybridized carbons (Fsp3) is 0.179. The number of benzene rings is 2. The number of furan rings is 1.